The van der Waals surface area contributed by atoms with Crippen LogP contribution in [-0.2, 0) is 16.0 Å². The molecule has 1 aliphatic carbocycles. The van der Waals surface area contributed by atoms with E-state index in [0.29, 0.717) is 12.8 Å². The molecule has 1 atom stereocenters. The van der Waals surface area contributed by atoms with Gasteiger partial charge in [-0.05, 0) is 50.3 Å². The summed E-state index contributed by atoms with van der Waals surface area (Å²) in [7, 11) is 1.59. The monoisotopic (exact) mass is 416 g/mol. The molecular weight excluding hydrogens is 388 g/mol. The summed E-state index contributed by atoms with van der Waals surface area (Å²) in [6.07, 6.45) is 4.83. The van der Waals surface area contributed by atoms with Crippen LogP contribution < -0.4 is 20.7 Å². The van der Waals surface area contributed by atoms with Crippen molar-refractivity contribution in [3.8, 4) is 5.75 Å². The van der Waals surface area contributed by atoms with Crippen LogP contribution in [0.25, 0.3) is 0 Å². The largest absolute Gasteiger partial charge is 0.497 e. The van der Waals surface area contributed by atoms with Gasteiger partial charge < -0.3 is 15.4 Å². The number of carbonyl (C=O) groups excluding carboxylic acids is 4. The van der Waals surface area contributed by atoms with Crippen LogP contribution in [0.5, 0.6) is 5.75 Å². The van der Waals surface area contributed by atoms with Gasteiger partial charge in [0.15, 0.2) is 0 Å². The first-order valence-electron chi connectivity index (χ1n) is 10.2. The smallest absolute Gasteiger partial charge is 0.325 e. The van der Waals surface area contributed by atoms with Crippen molar-refractivity contribution in [3.05, 3.63) is 29.8 Å². The van der Waals surface area contributed by atoms with E-state index in [2.05, 4.69) is 16.0 Å². The maximum Gasteiger partial charge on any atom is 0.325 e. The summed E-state index contributed by atoms with van der Waals surface area (Å²) >= 11 is 0. The highest BCUT2D eigenvalue weighted by molar-refractivity contribution is 6.09. The second-order valence-electron chi connectivity index (χ2n) is 8.00. The molecule has 2 aliphatic rings. The van der Waals surface area contributed by atoms with E-state index in [1.807, 2.05) is 24.3 Å². The normalized spacial score (nSPS) is 21.5. The van der Waals surface area contributed by atoms with Crippen molar-refractivity contribution >= 4 is 23.9 Å². The number of aryl methyl sites for hydroxylation is 1. The van der Waals surface area contributed by atoms with E-state index in [1.54, 1.807) is 14.0 Å². The number of carbonyl (C=O) groups is 4. The van der Waals surface area contributed by atoms with E-state index in [0.717, 1.165) is 41.9 Å². The molecule has 0 aromatic heterocycles. The number of nitrogens with zero attached hydrogens (tertiary/aromatic N) is 1. The zero-order chi connectivity index (χ0) is 21.7. The Morgan fingerprint density at radius 1 is 1.20 bits per heavy atom. The fraction of sp³-hybridized carbons (Fsp3) is 0.524. The lowest BCUT2D eigenvalue weighted by atomic mass is 9.93. The van der Waals surface area contributed by atoms with Crippen molar-refractivity contribution < 1.29 is 23.9 Å². The molecule has 1 saturated carbocycles. The van der Waals surface area contributed by atoms with Crippen molar-refractivity contribution in [1.82, 2.24) is 20.9 Å². The molecule has 3 N–H and O–H groups in total. The first kappa shape index (κ1) is 21.6. The van der Waals surface area contributed by atoms with Crippen LogP contribution in [0, 0.1) is 0 Å². The van der Waals surface area contributed by atoms with Crippen molar-refractivity contribution in [3.63, 3.8) is 0 Å². The molecule has 1 saturated heterocycles. The average Bonchev–Trinajstić information content (AvgIpc) is 3.29. The molecule has 1 aromatic carbocycles. The summed E-state index contributed by atoms with van der Waals surface area (Å²) in [6, 6.07) is 6.30. The Labute approximate surface area is 175 Å². The molecule has 9 heteroatoms. The van der Waals surface area contributed by atoms with Gasteiger partial charge in [-0.25, -0.2) is 9.59 Å². The molecule has 0 radical (unpaired) electrons. The molecule has 0 unspecified atom stereocenters. The van der Waals surface area contributed by atoms with Crippen LogP contribution in [0.2, 0.25) is 0 Å². The predicted molar refractivity (Wildman–Crippen MR) is 109 cm³/mol. The lowest BCUT2D eigenvalue weighted by Gasteiger charge is -2.21. The fourth-order valence-corrected chi connectivity index (χ4v) is 3.85. The van der Waals surface area contributed by atoms with E-state index < -0.39 is 36.0 Å². The molecule has 1 aromatic rings. The first-order valence-corrected chi connectivity index (χ1v) is 10.2. The summed E-state index contributed by atoms with van der Waals surface area (Å²) in [6.45, 7) is 1.14. The molecule has 3 rings (SSSR count). The third-order valence-corrected chi connectivity index (χ3v) is 5.66. The lowest BCUT2D eigenvalue weighted by molar-refractivity contribution is -0.134. The highest BCUT2D eigenvalue weighted by atomic mass is 16.5. The third-order valence-electron chi connectivity index (χ3n) is 5.66. The number of hydrogen-bond acceptors (Lipinski definition) is 5. The minimum absolute atomic E-state index is 0.0655. The van der Waals surface area contributed by atoms with Gasteiger partial charge in [-0.3, -0.25) is 19.8 Å². The van der Waals surface area contributed by atoms with Gasteiger partial charge in [0.25, 0.3) is 5.91 Å². The summed E-state index contributed by atoms with van der Waals surface area (Å²) in [5.41, 5.74) is -0.109. The third kappa shape index (κ3) is 5.08. The Balaban J connectivity index is 1.52. The van der Waals surface area contributed by atoms with Gasteiger partial charge in [0.05, 0.1) is 7.11 Å². The number of rotatable bonds is 7. The quantitative estimate of drug-likeness (QED) is 0.585. The van der Waals surface area contributed by atoms with E-state index in [9.17, 15) is 19.2 Å². The molecule has 2 fully saturated rings. The van der Waals surface area contributed by atoms with Crippen molar-refractivity contribution in [1.29, 1.82) is 0 Å². The van der Waals surface area contributed by atoms with Crippen LogP contribution >= 0.6 is 0 Å². The second kappa shape index (κ2) is 9.15. The fourth-order valence-electron chi connectivity index (χ4n) is 3.85. The van der Waals surface area contributed by atoms with Gasteiger partial charge in [-0.1, -0.05) is 25.0 Å². The highest BCUT2D eigenvalue weighted by Gasteiger charge is 2.47. The second-order valence-corrected chi connectivity index (χ2v) is 8.00. The average molecular weight is 416 g/mol. The van der Waals surface area contributed by atoms with Gasteiger partial charge in [0.2, 0.25) is 5.91 Å². The maximum absolute atomic E-state index is 12.8. The van der Waals surface area contributed by atoms with Gasteiger partial charge in [0, 0.05) is 6.04 Å². The topological polar surface area (TPSA) is 117 Å². The Morgan fingerprint density at radius 2 is 1.87 bits per heavy atom. The minimum Gasteiger partial charge on any atom is -0.497 e. The lowest BCUT2D eigenvalue weighted by Crippen LogP contribution is -2.49. The molecule has 30 heavy (non-hydrogen) atoms. The van der Waals surface area contributed by atoms with Crippen LogP contribution in [0.15, 0.2) is 24.3 Å². The summed E-state index contributed by atoms with van der Waals surface area (Å²) in [5.74, 6) is -0.440. The van der Waals surface area contributed by atoms with E-state index in [-0.39, 0.29) is 6.04 Å². The Kier molecular flexibility index (Phi) is 6.59. The zero-order valence-corrected chi connectivity index (χ0v) is 17.3. The van der Waals surface area contributed by atoms with Crippen molar-refractivity contribution in [2.24, 2.45) is 0 Å². The number of imide groups is 2. The number of ether oxygens (including phenoxy) is 1. The number of nitrogens with one attached hydrogen (secondary N) is 3. The molecule has 1 aliphatic heterocycles. The Bertz CT molecular complexity index is 819. The maximum atomic E-state index is 12.8. The van der Waals surface area contributed by atoms with E-state index >= 15 is 0 Å². The molecular formula is C21H28N4O5. The summed E-state index contributed by atoms with van der Waals surface area (Å²) in [5, 5.41) is 7.60. The molecule has 0 spiro atoms. The predicted octanol–water partition coefficient (Wildman–Crippen LogP) is 1.71. The SMILES string of the molecule is COc1ccc(CC[C@]2(C)NC(=O)N(CC(=O)NC(=O)NC3CCCC3)C2=O)cc1. The van der Waals surface area contributed by atoms with Crippen molar-refractivity contribution in [2.45, 2.75) is 57.0 Å². The van der Waals surface area contributed by atoms with Gasteiger partial charge in [-0.2, -0.15) is 0 Å². The molecule has 1 heterocycles. The molecule has 6 amide bonds. The minimum atomic E-state index is -1.11. The molecule has 0 bridgehead atoms. The Hall–Kier alpha value is -3.10. The first-order chi connectivity index (χ1) is 14.3. The van der Waals surface area contributed by atoms with Crippen molar-refractivity contribution in [2.75, 3.05) is 13.7 Å². The zero-order valence-electron chi connectivity index (χ0n) is 17.3. The molecule has 162 valence electrons. The molecule has 9 nitrogen and oxygen atoms in total. The number of amides is 6. The van der Waals surface area contributed by atoms with Gasteiger partial charge in [-0.15, -0.1) is 0 Å². The van der Waals surface area contributed by atoms with Gasteiger partial charge >= 0.3 is 12.1 Å². The van der Waals surface area contributed by atoms with Gasteiger partial charge in [0.1, 0.15) is 17.8 Å². The van der Waals surface area contributed by atoms with Crippen LogP contribution in [0.3, 0.4) is 0 Å². The number of hydrogen-bond donors (Lipinski definition) is 3. The van der Waals surface area contributed by atoms with E-state index in [4.69, 9.17) is 4.74 Å². The van der Waals surface area contributed by atoms with Crippen LogP contribution in [-0.4, -0.2) is 54.0 Å². The van der Waals surface area contributed by atoms with Crippen LogP contribution in [0.4, 0.5) is 9.59 Å². The van der Waals surface area contributed by atoms with E-state index in [1.165, 1.54) is 0 Å². The summed E-state index contributed by atoms with van der Waals surface area (Å²) in [4.78, 5) is 50.0. The number of methoxy groups -OCH3 is 1. The number of benzene rings is 1. The van der Waals surface area contributed by atoms with Crippen LogP contribution in [0.1, 0.15) is 44.6 Å². The number of urea groups is 2. The highest BCUT2D eigenvalue weighted by Crippen LogP contribution is 2.24. The summed E-state index contributed by atoms with van der Waals surface area (Å²) < 4.78 is 5.13. The Morgan fingerprint density at radius 3 is 2.50 bits per heavy atom. The standard InChI is InChI=1S/C21H28N4O5/c1-21(12-11-14-7-9-16(30-2)10-8-14)18(27)25(20(29)24-21)13-17(26)23-19(28)22-15-5-3-4-6-15/h7-10,15H,3-6,11-13H2,1-2H3,(H,24,29)(H2,22,23,26,28)/t21-/m0/s1.